The first-order chi connectivity index (χ1) is 10.3. The fourth-order valence-electron chi connectivity index (χ4n) is 2.30. The molecular formula is C14H17N3O4S. The summed E-state index contributed by atoms with van der Waals surface area (Å²) in [6, 6.07) is 8.91. The summed E-state index contributed by atoms with van der Waals surface area (Å²) in [4.78, 5) is 10.4. The van der Waals surface area contributed by atoms with Gasteiger partial charge >= 0.3 is 5.69 Å². The Kier molecular flexibility index (Phi) is 4.60. The average molecular weight is 323 g/mol. The third-order valence-corrected chi connectivity index (χ3v) is 4.95. The van der Waals surface area contributed by atoms with Gasteiger partial charge in [0.1, 0.15) is 11.4 Å². The summed E-state index contributed by atoms with van der Waals surface area (Å²) in [5.41, 5.74) is 1.34. The number of sulfone groups is 1. The maximum Gasteiger partial charge on any atom is 0.312 e. The van der Waals surface area contributed by atoms with Crippen molar-refractivity contribution in [1.29, 1.82) is 0 Å². The number of rotatable bonds is 6. The second-order valence-electron chi connectivity index (χ2n) is 5.08. The second kappa shape index (κ2) is 6.27. The third-order valence-electron chi connectivity index (χ3n) is 3.37. The number of aromatic nitrogens is 2. The SMILES string of the molecule is Cc1nn(CCS(=O)(=O)Cc2ccccc2)c(C)c1[N+](=O)[O-]. The van der Waals surface area contributed by atoms with Crippen LogP contribution in [0.2, 0.25) is 0 Å². The minimum absolute atomic E-state index is 0.0464. The van der Waals surface area contributed by atoms with Crippen molar-refractivity contribution >= 4 is 15.5 Å². The molecule has 0 aliphatic carbocycles. The fourth-order valence-corrected chi connectivity index (χ4v) is 3.59. The number of nitro groups is 1. The molecule has 0 fully saturated rings. The lowest BCUT2D eigenvalue weighted by molar-refractivity contribution is -0.386. The zero-order valence-corrected chi connectivity index (χ0v) is 13.2. The first kappa shape index (κ1) is 16.2. The van der Waals surface area contributed by atoms with Gasteiger partial charge in [-0.15, -0.1) is 0 Å². The van der Waals surface area contributed by atoms with Gasteiger partial charge < -0.3 is 0 Å². The van der Waals surface area contributed by atoms with Crippen LogP contribution in [-0.2, 0) is 22.1 Å². The number of benzene rings is 1. The number of hydrogen-bond acceptors (Lipinski definition) is 5. The van der Waals surface area contributed by atoms with Gasteiger partial charge in [0.15, 0.2) is 9.84 Å². The topological polar surface area (TPSA) is 95.1 Å². The van der Waals surface area contributed by atoms with Gasteiger partial charge in [-0.05, 0) is 19.4 Å². The van der Waals surface area contributed by atoms with Gasteiger partial charge in [0.2, 0.25) is 0 Å². The van der Waals surface area contributed by atoms with Gasteiger partial charge in [0, 0.05) is 0 Å². The molecule has 0 saturated carbocycles. The summed E-state index contributed by atoms with van der Waals surface area (Å²) in [6.07, 6.45) is 0. The molecule has 0 atom stereocenters. The lowest BCUT2D eigenvalue weighted by Gasteiger charge is -2.06. The van der Waals surface area contributed by atoms with Crippen molar-refractivity contribution in [1.82, 2.24) is 9.78 Å². The molecular weight excluding hydrogens is 306 g/mol. The van der Waals surface area contributed by atoms with Crippen molar-refractivity contribution in [3.05, 3.63) is 57.4 Å². The molecule has 1 aromatic carbocycles. The van der Waals surface area contributed by atoms with Gasteiger partial charge in [0.05, 0.1) is 23.0 Å². The third kappa shape index (κ3) is 3.70. The van der Waals surface area contributed by atoms with E-state index in [1.54, 1.807) is 38.1 Å². The first-order valence-corrected chi connectivity index (χ1v) is 8.55. The van der Waals surface area contributed by atoms with E-state index in [9.17, 15) is 18.5 Å². The number of aryl methyl sites for hydroxylation is 2. The molecule has 1 heterocycles. The van der Waals surface area contributed by atoms with E-state index in [0.717, 1.165) is 5.56 Å². The van der Waals surface area contributed by atoms with Crippen molar-refractivity contribution in [3.63, 3.8) is 0 Å². The Morgan fingerprint density at radius 3 is 2.41 bits per heavy atom. The van der Waals surface area contributed by atoms with E-state index in [-0.39, 0.29) is 23.7 Å². The summed E-state index contributed by atoms with van der Waals surface area (Å²) in [5.74, 6) is -0.157. The molecule has 0 aliphatic heterocycles. The van der Waals surface area contributed by atoms with E-state index in [1.807, 2.05) is 6.07 Å². The van der Waals surface area contributed by atoms with E-state index >= 15 is 0 Å². The van der Waals surface area contributed by atoms with E-state index in [2.05, 4.69) is 5.10 Å². The molecule has 2 rings (SSSR count). The van der Waals surface area contributed by atoms with Gasteiger partial charge in [-0.3, -0.25) is 14.8 Å². The van der Waals surface area contributed by atoms with Gasteiger partial charge in [-0.2, -0.15) is 5.10 Å². The van der Waals surface area contributed by atoms with Crippen LogP contribution >= 0.6 is 0 Å². The Balaban J connectivity index is 2.10. The maximum atomic E-state index is 12.1. The summed E-state index contributed by atoms with van der Waals surface area (Å²) < 4.78 is 25.7. The van der Waals surface area contributed by atoms with Crippen molar-refractivity contribution in [2.45, 2.75) is 26.1 Å². The van der Waals surface area contributed by atoms with Gasteiger partial charge in [-0.1, -0.05) is 30.3 Å². The highest BCUT2D eigenvalue weighted by Gasteiger charge is 2.22. The Morgan fingerprint density at radius 1 is 1.23 bits per heavy atom. The predicted molar refractivity (Wildman–Crippen MR) is 82.3 cm³/mol. The van der Waals surface area contributed by atoms with Crippen molar-refractivity contribution in [2.75, 3.05) is 5.75 Å². The molecule has 0 spiro atoms. The molecule has 0 unspecified atom stereocenters. The van der Waals surface area contributed by atoms with Crippen molar-refractivity contribution in [3.8, 4) is 0 Å². The summed E-state index contributed by atoms with van der Waals surface area (Å²) in [7, 11) is -3.30. The lowest BCUT2D eigenvalue weighted by Crippen LogP contribution is -2.16. The van der Waals surface area contributed by atoms with Crippen LogP contribution < -0.4 is 0 Å². The highest BCUT2D eigenvalue weighted by atomic mass is 32.2. The van der Waals surface area contributed by atoms with Gasteiger partial charge in [-0.25, -0.2) is 8.42 Å². The van der Waals surface area contributed by atoms with E-state index in [1.165, 1.54) is 4.68 Å². The smallest absolute Gasteiger partial charge is 0.261 e. The Labute approximate surface area is 128 Å². The standard InChI is InChI=1S/C14H17N3O4S/c1-11-14(17(18)19)12(2)16(15-11)8-9-22(20,21)10-13-6-4-3-5-7-13/h3-7H,8-10H2,1-2H3. The summed E-state index contributed by atoms with van der Waals surface area (Å²) >= 11 is 0. The quantitative estimate of drug-likeness (QED) is 0.598. The second-order valence-corrected chi connectivity index (χ2v) is 7.26. The van der Waals surface area contributed by atoms with Crippen LogP contribution in [0.1, 0.15) is 17.0 Å². The molecule has 0 saturated heterocycles. The zero-order valence-electron chi connectivity index (χ0n) is 12.4. The molecule has 118 valence electrons. The van der Waals surface area contributed by atoms with Crippen molar-refractivity contribution in [2.24, 2.45) is 0 Å². The Bertz CT molecular complexity index is 782. The molecule has 22 heavy (non-hydrogen) atoms. The van der Waals surface area contributed by atoms with Crippen LogP contribution in [0.15, 0.2) is 30.3 Å². The van der Waals surface area contributed by atoms with Crippen LogP contribution in [0, 0.1) is 24.0 Å². The van der Waals surface area contributed by atoms with Crippen LogP contribution in [-0.4, -0.2) is 28.9 Å². The summed E-state index contributed by atoms with van der Waals surface area (Å²) in [5, 5.41) is 15.0. The van der Waals surface area contributed by atoms with Crippen LogP contribution in [0.4, 0.5) is 5.69 Å². The largest absolute Gasteiger partial charge is 0.312 e. The van der Waals surface area contributed by atoms with Crippen molar-refractivity contribution < 1.29 is 13.3 Å². The van der Waals surface area contributed by atoms with Gasteiger partial charge in [0.25, 0.3) is 0 Å². The van der Waals surface area contributed by atoms with E-state index in [4.69, 9.17) is 0 Å². The molecule has 2 aromatic rings. The minimum atomic E-state index is -3.30. The van der Waals surface area contributed by atoms with E-state index in [0.29, 0.717) is 11.4 Å². The van der Waals surface area contributed by atoms with E-state index < -0.39 is 14.8 Å². The Morgan fingerprint density at radius 2 is 1.86 bits per heavy atom. The highest BCUT2D eigenvalue weighted by Crippen LogP contribution is 2.21. The predicted octanol–water partition coefficient (Wildman–Crippen LogP) is 2.02. The number of hydrogen-bond donors (Lipinski definition) is 0. The average Bonchev–Trinajstić information content (AvgIpc) is 2.72. The first-order valence-electron chi connectivity index (χ1n) is 6.73. The molecule has 0 radical (unpaired) electrons. The summed E-state index contributed by atoms with van der Waals surface area (Å²) in [6.45, 7) is 3.22. The Hall–Kier alpha value is -2.22. The van der Waals surface area contributed by atoms with Crippen LogP contribution in [0.3, 0.4) is 0 Å². The molecule has 0 amide bonds. The maximum absolute atomic E-state index is 12.1. The fraction of sp³-hybridized carbons (Fsp3) is 0.357. The zero-order chi connectivity index (χ0) is 16.3. The normalized spacial score (nSPS) is 11.5. The van der Waals surface area contributed by atoms with Crippen LogP contribution in [0.25, 0.3) is 0 Å². The van der Waals surface area contributed by atoms with Crippen LogP contribution in [0.5, 0.6) is 0 Å². The molecule has 0 aliphatic rings. The molecule has 8 heteroatoms. The number of nitrogens with zero attached hydrogens (tertiary/aromatic N) is 3. The molecule has 1 aromatic heterocycles. The lowest BCUT2D eigenvalue weighted by atomic mass is 10.2. The molecule has 7 nitrogen and oxygen atoms in total. The molecule has 0 N–H and O–H groups in total. The monoisotopic (exact) mass is 323 g/mol. The highest BCUT2D eigenvalue weighted by molar-refractivity contribution is 7.90. The molecule has 0 bridgehead atoms. The minimum Gasteiger partial charge on any atom is -0.261 e.